The van der Waals surface area contributed by atoms with Crippen LogP contribution in [0.15, 0.2) is 60.8 Å². The van der Waals surface area contributed by atoms with E-state index < -0.39 is 24.3 Å². The van der Waals surface area contributed by atoms with Gasteiger partial charge in [0.15, 0.2) is 12.4 Å². The molecule has 0 aromatic rings. The molecular weight excluding hydrogens is 959 g/mol. The van der Waals surface area contributed by atoms with E-state index in [1.807, 2.05) is 21.1 Å². The van der Waals surface area contributed by atoms with Gasteiger partial charge in [0, 0.05) is 12.8 Å². The number of carbonyl (C=O) groups is 3. The highest BCUT2D eigenvalue weighted by Gasteiger charge is 2.22. The van der Waals surface area contributed by atoms with Crippen LogP contribution in [0.5, 0.6) is 0 Å². The lowest BCUT2D eigenvalue weighted by atomic mass is 10.0. The normalized spacial score (nSPS) is 13.1. The molecule has 0 saturated heterocycles. The first-order valence-electron chi connectivity index (χ1n) is 32.4. The number of likely N-dealkylation sites (N-methyl/N-ethyl adjacent to an activating group) is 1. The topological polar surface area (TPSA) is 111 Å². The van der Waals surface area contributed by atoms with Crippen LogP contribution in [-0.2, 0) is 33.3 Å². The van der Waals surface area contributed by atoms with Crippen LogP contribution in [0.2, 0.25) is 0 Å². The lowest BCUT2D eigenvalue weighted by Gasteiger charge is -2.26. The molecule has 0 rings (SSSR count). The van der Waals surface area contributed by atoms with Gasteiger partial charge in [-0.1, -0.05) is 267 Å². The summed E-state index contributed by atoms with van der Waals surface area (Å²) in [6, 6.07) is 0. The molecule has 9 heteroatoms. The van der Waals surface area contributed by atoms with Crippen LogP contribution in [0, 0.1) is 0 Å². The smallest absolute Gasteiger partial charge is 0.306 e. The van der Waals surface area contributed by atoms with Gasteiger partial charge in [-0.2, -0.15) is 0 Å². The summed E-state index contributed by atoms with van der Waals surface area (Å²) in [5.41, 5.74) is 0. The Labute approximate surface area is 475 Å². The molecule has 448 valence electrons. The van der Waals surface area contributed by atoms with Crippen LogP contribution in [0.25, 0.3) is 0 Å². The number of nitrogens with zero attached hydrogens (tertiary/aromatic N) is 1. The van der Waals surface area contributed by atoms with E-state index in [-0.39, 0.29) is 32.2 Å². The molecule has 0 saturated carbocycles. The number of ether oxygens (including phenoxy) is 4. The maximum atomic E-state index is 12.9. The first kappa shape index (κ1) is 74.0. The van der Waals surface area contributed by atoms with Gasteiger partial charge in [0.1, 0.15) is 13.2 Å². The number of unbranched alkanes of at least 4 members (excludes halogenated alkanes) is 35. The van der Waals surface area contributed by atoms with Crippen LogP contribution >= 0.6 is 0 Å². The van der Waals surface area contributed by atoms with Crippen molar-refractivity contribution in [2.75, 3.05) is 47.5 Å². The molecule has 0 aliphatic rings. The molecule has 0 spiro atoms. The lowest BCUT2D eigenvalue weighted by Crippen LogP contribution is -2.44. The first-order valence-corrected chi connectivity index (χ1v) is 32.4. The second-order valence-electron chi connectivity index (χ2n) is 23.0. The number of carboxylic acids is 1. The largest absolute Gasteiger partial charge is 0.545 e. The van der Waals surface area contributed by atoms with Crippen molar-refractivity contribution in [2.45, 2.75) is 309 Å². The Bertz CT molecular complexity index is 1450. The zero-order valence-corrected chi connectivity index (χ0v) is 51.1. The molecule has 2 unspecified atom stereocenters. The summed E-state index contributed by atoms with van der Waals surface area (Å²) in [7, 11) is 5.93. The highest BCUT2D eigenvalue weighted by Crippen LogP contribution is 2.17. The minimum absolute atomic E-state index is 0.147. The van der Waals surface area contributed by atoms with E-state index in [0.717, 1.165) is 64.2 Å². The number of esters is 2. The molecular formula is C68H123NO8. The molecule has 0 N–H and O–H groups in total. The van der Waals surface area contributed by atoms with E-state index in [4.69, 9.17) is 18.9 Å². The number of aliphatic carboxylic acids is 1. The number of carbonyl (C=O) groups excluding carboxylic acids is 3. The number of allylic oxidation sites excluding steroid dienone is 10. The van der Waals surface area contributed by atoms with Crippen molar-refractivity contribution in [1.82, 2.24) is 0 Å². The van der Waals surface area contributed by atoms with Gasteiger partial charge in [-0.05, 0) is 77.0 Å². The van der Waals surface area contributed by atoms with Crippen molar-refractivity contribution in [3.8, 4) is 0 Å². The van der Waals surface area contributed by atoms with E-state index in [9.17, 15) is 19.5 Å². The first-order chi connectivity index (χ1) is 37.6. The molecule has 0 aliphatic heterocycles. The fourth-order valence-electron chi connectivity index (χ4n) is 9.29. The highest BCUT2D eigenvalue weighted by molar-refractivity contribution is 5.70. The van der Waals surface area contributed by atoms with E-state index in [2.05, 4.69) is 74.6 Å². The minimum atomic E-state index is -1.62. The lowest BCUT2D eigenvalue weighted by molar-refractivity contribution is -0.870. The molecule has 9 nitrogen and oxygen atoms in total. The average molecular weight is 1080 g/mol. The van der Waals surface area contributed by atoms with Crippen molar-refractivity contribution in [3.63, 3.8) is 0 Å². The average Bonchev–Trinajstić information content (AvgIpc) is 3.40. The van der Waals surface area contributed by atoms with E-state index >= 15 is 0 Å². The molecule has 0 radical (unpaired) electrons. The third kappa shape index (κ3) is 60.5. The summed E-state index contributed by atoms with van der Waals surface area (Å²) in [4.78, 5) is 37.4. The van der Waals surface area contributed by atoms with Crippen LogP contribution in [0.4, 0.5) is 0 Å². The Kier molecular flexibility index (Phi) is 56.8. The van der Waals surface area contributed by atoms with Gasteiger partial charge in [0.25, 0.3) is 0 Å². The van der Waals surface area contributed by atoms with E-state index in [0.29, 0.717) is 23.9 Å². The fourth-order valence-corrected chi connectivity index (χ4v) is 9.29. The van der Waals surface area contributed by atoms with Crippen LogP contribution in [0.3, 0.4) is 0 Å². The van der Waals surface area contributed by atoms with Gasteiger partial charge in [-0.3, -0.25) is 9.59 Å². The summed E-state index contributed by atoms with van der Waals surface area (Å²) in [6.45, 7) is 4.68. The van der Waals surface area contributed by atoms with Gasteiger partial charge in [0.05, 0.1) is 40.3 Å². The third-order valence-corrected chi connectivity index (χ3v) is 14.2. The molecule has 0 fully saturated rings. The number of hydrogen-bond donors (Lipinski definition) is 0. The van der Waals surface area contributed by atoms with Gasteiger partial charge < -0.3 is 33.3 Å². The van der Waals surface area contributed by atoms with Crippen LogP contribution in [-0.4, -0.2) is 82.3 Å². The zero-order valence-electron chi connectivity index (χ0n) is 51.1. The molecule has 0 aromatic heterocycles. The number of rotatable bonds is 60. The SMILES string of the molecule is CC/C=C\C/C=C\C/C=C\C/C=C\CCCCCCCCCCCCCCCCC(=O)OC(COC(=O)CCCCCCCCCCCCCCC/C=C\CCCCCCCCCC)COC(OCC[N+](C)(C)C)C(=O)[O-]. The molecule has 2 atom stereocenters. The van der Waals surface area contributed by atoms with Crippen LogP contribution in [0.1, 0.15) is 296 Å². The molecule has 0 amide bonds. The van der Waals surface area contributed by atoms with Crippen LogP contribution < -0.4 is 5.11 Å². The molecule has 0 heterocycles. The Hall–Kier alpha value is -3.01. The quantitative estimate of drug-likeness (QED) is 0.0195. The number of quaternary nitrogens is 1. The Morgan fingerprint density at radius 2 is 0.740 bits per heavy atom. The van der Waals surface area contributed by atoms with Gasteiger partial charge in [0.2, 0.25) is 0 Å². The third-order valence-electron chi connectivity index (χ3n) is 14.2. The van der Waals surface area contributed by atoms with E-state index in [1.165, 1.54) is 199 Å². The Morgan fingerprint density at radius 1 is 0.403 bits per heavy atom. The highest BCUT2D eigenvalue weighted by atomic mass is 16.7. The van der Waals surface area contributed by atoms with Crippen molar-refractivity contribution in [2.24, 2.45) is 0 Å². The van der Waals surface area contributed by atoms with Crippen molar-refractivity contribution < 1.29 is 42.9 Å². The summed E-state index contributed by atoms with van der Waals surface area (Å²) < 4.78 is 22.8. The molecule has 0 aliphatic carbocycles. The molecule has 0 bridgehead atoms. The maximum absolute atomic E-state index is 12.9. The van der Waals surface area contributed by atoms with Crippen molar-refractivity contribution in [3.05, 3.63) is 60.8 Å². The maximum Gasteiger partial charge on any atom is 0.306 e. The van der Waals surface area contributed by atoms with E-state index in [1.54, 1.807) is 0 Å². The van der Waals surface area contributed by atoms with Gasteiger partial charge in [-0.25, -0.2) is 0 Å². The summed E-state index contributed by atoms with van der Waals surface area (Å²) in [5, 5.41) is 11.8. The molecule has 77 heavy (non-hydrogen) atoms. The second kappa shape index (κ2) is 59.1. The Morgan fingerprint density at radius 3 is 1.12 bits per heavy atom. The van der Waals surface area contributed by atoms with Crippen molar-refractivity contribution >= 4 is 17.9 Å². The second-order valence-corrected chi connectivity index (χ2v) is 23.0. The summed E-state index contributed by atoms with van der Waals surface area (Å²) in [6.07, 6.45) is 72.8. The number of carboxylic acid groups (broad SMARTS) is 1. The molecule has 0 aromatic carbocycles. The summed E-state index contributed by atoms with van der Waals surface area (Å²) in [5.74, 6) is -2.27. The predicted molar refractivity (Wildman–Crippen MR) is 325 cm³/mol. The zero-order chi connectivity index (χ0) is 56.2. The fraction of sp³-hybridized carbons (Fsp3) is 0.809. The van der Waals surface area contributed by atoms with Crippen molar-refractivity contribution in [1.29, 1.82) is 0 Å². The minimum Gasteiger partial charge on any atom is -0.545 e. The standard InChI is InChI=1S/C68H123NO8/c1-6-8-10-12-14-16-18-20-22-24-26-28-30-32-33-35-37-39-41-43-45-47-49-51-53-55-57-59-66(71)77-64(63-76-68(67(72)73)74-61-60-69(3,4)5)62-75-65(70)58-56-54-52-50-48-46-44-42-40-38-36-34-31-29-27-25-23-21-19-17-15-13-11-9-7-2/h8,10,14,16,20,22,25-28,64,68H,6-7,9,11-13,15,17-19,21,23-24,29-63H2,1-5H3/b10-8-,16-14-,22-20-,27-25-,28-26-. The Balaban J connectivity index is 4.15. The van der Waals surface area contributed by atoms with Gasteiger partial charge >= 0.3 is 11.9 Å². The monoisotopic (exact) mass is 1080 g/mol. The summed E-state index contributed by atoms with van der Waals surface area (Å²) >= 11 is 0. The number of hydrogen-bond acceptors (Lipinski definition) is 8. The van der Waals surface area contributed by atoms with Gasteiger partial charge in [-0.15, -0.1) is 0 Å². The predicted octanol–water partition coefficient (Wildman–Crippen LogP) is 18.2.